The Morgan fingerprint density at radius 2 is 2.17 bits per heavy atom. The summed E-state index contributed by atoms with van der Waals surface area (Å²) in [6.45, 7) is 3.38. The lowest BCUT2D eigenvalue weighted by molar-refractivity contribution is 0.127. The highest BCUT2D eigenvalue weighted by molar-refractivity contribution is 7.89. The largest absolute Gasteiger partial charge is 0.377 e. The van der Waals surface area contributed by atoms with Crippen LogP contribution in [0.15, 0.2) is 0 Å². The van der Waals surface area contributed by atoms with Crippen molar-refractivity contribution in [2.24, 2.45) is 5.92 Å². The number of nitrogens with one attached hydrogen (secondary N) is 2. The van der Waals surface area contributed by atoms with Crippen LogP contribution in [0.2, 0.25) is 0 Å². The molecule has 0 aromatic carbocycles. The first-order valence-corrected chi connectivity index (χ1v) is 8.60. The Kier molecular flexibility index (Phi) is 5.41. The first-order chi connectivity index (χ1) is 8.66. The summed E-state index contributed by atoms with van der Waals surface area (Å²) in [5.41, 5.74) is 0. The third kappa shape index (κ3) is 4.84. The molecule has 0 amide bonds. The zero-order chi connectivity index (χ0) is 12.8. The van der Waals surface area contributed by atoms with Crippen molar-refractivity contribution in [3.05, 3.63) is 0 Å². The summed E-state index contributed by atoms with van der Waals surface area (Å²) in [6, 6.07) is 0. The van der Waals surface area contributed by atoms with E-state index in [2.05, 4.69) is 10.0 Å². The van der Waals surface area contributed by atoms with Crippen LogP contribution in [0.5, 0.6) is 0 Å². The molecule has 2 aliphatic rings. The van der Waals surface area contributed by atoms with Crippen molar-refractivity contribution < 1.29 is 13.2 Å². The molecule has 2 fully saturated rings. The van der Waals surface area contributed by atoms with Crippen molar-refractivity contribution >= 4 is 10.0 Å². The highest BCUT2D eigenvalue weighted by Crippen LogP contribution is 2.15. The second kappa shape index (κ2) is 6.84. The fraction of sp³-hybridized carbons (Fsp3) is 1.00. The Balaban J connectivity index is 1.64. The molecule has 2 unspecified atom stereocenters. The lowest BCUT2D eigenvalue weighted by Crippen LogP contribution is -2.35. The molecule has 2 saturated heterocycles. The van der Waals surface area contributed by atoms with Gasteiger partial charge in [-0.1, -0.05) is 0 Å². The Morgan fingerprint density at radius 1 is 1.28 bits per heavy atom. The molecule has 18 heavy (non-hydrogen) atoms. The van der Waals surface area contributed by atoms with Gasteiger partial charge in [0.05, 0.1) is 11.9 Å². The van der Waals surface area contributed by atoms with E-state index >= 15 is 0 Å². The zero-order valence-corrected chi connectivity index (χ0v) is 11.7. The SMILES string of the molecule is O=S(=O)(CC1CCCO1)NCCC1CCCNC1. The molecular formula is C12H24N2O3S. The van der Waals surface area contributed by atoms with Crippen LogP contribution in [0.25, 0.3) is 0 Å². The van der Waals surface area contributed by atoms with Gasteiger partial charge in [-0.3, -0.25) is 0 Å². The number of rotatable bonds is 6. The first kappa shape index (κ1) is 14.2. The summed E-state index contributed by atoms with van der Waals surface area (Å²) in [7, 11) is -3.16. The van der Waals surface area contributed by atoms with Gasteiger partial charge >= 0.3 is 0 Å². The van der Waals surface area contributed by atoms with Gasteiger partial charge in [-0.15, -0.1) is 0 Å². The molecule has 106 valence electrons. The van der Waals surface area contributed by atoms with Crippen LogP contribution in [-0.4, -0.2) is 46.5 Å². The van der Waals surface area contributed by atoms with E-state index in [1.807, 2.05) is 0 Å². The van der Waals surface area contributed by atoms with Crippen molar-refractivity contribution in [2.45, 2.75) is 38.2 Å². The van der Waals surface area contributed by atoms with E-state index < -0.39 is 10.0 Å². The molecule has 0 saturated carbocycles. The summed E-state index contributed by atoms with van der Waals surface area (Å²) < 4.78 is 31.7. The topological polar surface area (TPSA) is 67.4 Å². The third-order valence-electron chi connectivity index (χ3n) is 3.70. The summed E-state index contributed by atoms with van der Waals surface area (Å²) in [5.74, 6) is 0.736. The van der Waals surface area contributed by atoms with Crippen LogP contribution in [0.4, 0.5) is 0 Å². The minimum atomic E-state index is -3.16. The van der Waals surface area contributed by atoms with E-state index in [9.17, 15) is 8.42 Å². The predicted molar refractivity (Wildman–Crippen MR) is 71.0 cm³/mol. The molecule has 2 aliphatic heterocycles. The lowest BCUT2D eigenvalue weighted by atomic mass is 9.96. The third-order valence-corrected chi connectivity index (χ3v) is 5.16. The minimum absolute atomic E-state index is 0.0983. The van der Waals surface area contributed by atoms with Gasteiger partial charge < -0.3 is 10.1 Å². The van der Waals surface area contributed by atoms with E-state index in [0.717, 1.165) is 32.4 Å². The van der Waals surface area contributed by atoms with Crippen LogP contribution in [0, 0.1) is 5.92 Å². The molecule has 2 rings (SSSR count). The van der Waals surface area contributed by atoms with Crippen LogP contribution in [0.1, 0.15) is 32.1 Å². The van der Waals surface area contributed by atoms with Crippen molar-refractivity contribution in [1.29, 1.82) is 0 Å². The Bertz CT molecular complexity index is 333. The molecule has 2 atom stereocenters. The summed E-state index contributed by atoms with van der Waals surface area (Å²) >= 11 is 0. The van der Waals surface area contributed by atoms with Crippen LogP contribution in [0.3, 0.4) is 0 Å². The van der Waals surface area contributed by atoms with E-state index in [1.54, 1.807) is 0 Å². The molecule has 6 heteroatoms. The molecule has 5 nitrogen and oxygen atoms in total. The average molecular weight is 276 g/mol. The molecule has 0 aliphatic carbocycles. The standard InChI is InChI=1S/C12H24N2O3S/c15-18(16,10-12-4-2-8-17-12)14-7-5-11-3-1-6-13-9-11/h11-14H,1-10H2. The van der Waals surface area contributed by atoms with Gasteiger partial charge in [-0.2, -0.15) is 0 Å². The second-order valence-electron chi connectivity index (χ2n) is 5.31. The van der Waals surface area contributed by atoms with E-state index in [4.69, 9.17) is 4.74 Å². The number of piperidine rings is 1. The minimum Gasteiger partial charge on any atom is -0.377 e. The maximum atomic E-state index is 11.8. The monoisotopic (exact) mass is 276 g/mol. The Labute approximate surface area is 110 Å². The fourth-order valence-corrected chi connectivity index (χ4v) is 3.97. The molecule has 0 bridgehead atoms. The van der Waals surface area contributed by atoms with Gasteiger partial charge in [0.2, 0.25) is 10.0 Å². The summed E-state index contributed by atoms with van der Waals surface area (Å²) in [6.07, 6.45) is 5.09. The quantitative estimate of drug-likeness (QED) is 0.740. The number of hydrogen-bond acceptors (Lipinski definition) is 4. The highest BCUT2D eigenvalue weighted by atomic mass is 32.2. The normalized spacial score (nSPS) is 29.6. The van der Waals surface area contributed by atoms with E-state index in [0.29, 0.717) is 19.1 Å². The molecule has 2 heterocycles. The van der Waals surface area contributed by atoms with Crippen LogP contribution >= 0.6 is 0 Å². The Hall–Kier alpha value is -0.170. The highest BCUT2D eigenvalue weighted by Gasteiger charge is 2.23. The molecule has 0 aromatic rings. The van der Waals surface area contributed by atoms with Gasteiger partial charge in [0, 0.05) is 13.2 Å². The predicted octanol–water partition coefficient (Wildman–Crippen LogP) is 0.475. The van der Waals surface area contributed by atoms with Crippen molar-refractivity contribution in [3.63, 3.8) is 0 Å². The number of ether oxygens (including phenoxy) is 1. The van der Waals surface area contributed by atoms with Crippen LogP contribution < -0.4 is 10.0 Å². The molecule has 0 spiro atoms. The van der Waals surface area contributed by atoms with Gasteiger partial charge in [0.1, 0.15) is 0 Å². The van der Waals surface area contributed by atoms with E-state index in [1.165, 1.54) is 12.8 Å². The Morgan fingerprint density at radius 3 is 2.83 bits per heavy atom. The van der Waals surface area contributed by atoms with Crippen LogP contribution in [-0.2, 0) is 14.8 Å². The lowest BCUT2D eigenvalue weighted by Gasteiger charge is -2.22. The second-order valence-corrected chi connectivity index (χ2v) is 7.16. The molecule has 0 radical (unpaired) electrons. The number of sulfonamides is 1. The van der Waals surface area contributed by atoms with Crippen molar-refractivity contribution in [2.75, 3.05) is 32.0 Å². The maximum absolute atomic E-state index is 11.8. The van der Waals surface area contributed by atoms with Gasteiger partial charge in [0.25, 0.3) is 0 Å². The molecule has 0 aromatic heterocycles. The van der Waals surface area contributed by atoms with Gasteiger partial charge in [-0.05, 0) is 51.1 Å². The fourth-order valence-electron chi connectivity index (χ4n) is 2.67. The zero-order valence-electron chi connectivity index (χ0n) is 10.9. The average Bonchev–Trinajstić information content (AvgIpc) is 2.82. The number of hydrogen-bond donors (Lipinski definition) is 2. The van der Waals surface area contributed by atoms with Gasteiger partial charge in [-0.25, -0.2) is 13.1 Å². The smallest absolute Gasteiger partial charge is 0.214 e. The van der Waals surface area contributed by atoms with E-state index in [-0.39, 0.29) is 11.9 Å². The maximum Gasteiger partial charge on any atom is 0.214 e. The molecule has 2 N–H and O–H groups in total. The summed E-state index contributed by atoms with van der Waals surface area (Å²) in [4.78, 5) is 0. The van der Waals surface area contributed by atoms with Crippen molar-refractivity contribution in [1.82, 2.24) is 10.0 Å². The molecular weight excluding hydrogens is 252 g/mol. The van der Waals surface area contributed by atoms with Crippen molar-refractivity contribution in [3.8, 4) is 0 Å². The summed E-state index contributed by atoms with van der Waals surface area (Å²) in [5, 5.41) is 3.34. The van der Waals surface area contributed by atoms with Gasteiger partial charge in [0.15, 0.2) is 0 Å². The first-order valence-electron chi connectivity index (χ1n) is 6.95.